The van der Waals surface area contributed by atoms with E-state index in [9.17, 15) is 4.79 Å². The van der Waals surface area contributed by atoms with Crippen molar-refractivity contribution in [1.29, 1.82) is 0 Å². The van der Waals surface area contributed by atoms with E-state index in [1.165, 1.54) is 37.9 Å². The molecule has 0 bridgehead atoms. The molecule has 1 fully saturated rings. The topological polar surface area (TPSA) is 71.2 Å². The van der Waals surface area contributed by atoms with Gasteiger partial charge in [-0.15, -0.1) is 0 Å². The first-order chi connectivity index (χ1) is 10.1. The second kappa shape index (κ2) is 7.61. The van der Waals surface area contributed by atoms with Gasteiger partial charge in [-0.05, 0) is 44.9 Å². The number of nitrogen functional groups attached to an aromatic ring is 1. The van der Waals surface area contributed by atoms with E-state index in [0.29, 0.717) is 18.2 Å². The molecule has 1 aromatic heterocycles. The summed E-state index contributed by atoms with van der Waals surface area (Å²) in [6.07, 6.45) is 4.84. The quantitative estimate of drug-likeness (QED) is 0.647. The number of piperidine rings is 1. The number of carbonyl (C=O) groups is 1. The number of halogens is 1. The minimum Gasteiger partial charge on any atom is -0.384 e. The predicted molar refractivity (Wildman–Crippen MR) is 85.5 cm³/mol. The van der Waals surface area contributed by atoms with E-state index in [-0.39, 0.29) is 16.9 Å². The maximum atomic E-state index is 12.0. The fraction of sp³-hybridized carbons (Fsp3) is 0.600. The van der Waals surface area contributed by atoms with Crippen LogP contribution in [-0.4, -0.2) is 41.5 Å². The zero-order valence-electron chi connectivity index (χ0n) is 12.4. The number of pyridine rings is 1. The Morgan fingerprint density at radius 1 is 1.52 bits per heavy atom. The predicted octanol–water partition coefficient (Wildman–Crippen LogP) is 2.31. The largest absolute Gasteiger partial charge is 0.384 e. The normalized spacial score (nSPS) is 19.4. The van der Waals surface area contributed by atoms with Crippen molar-refractivity contribution in [2.45, 2.75) is 38.6 Å². The van der Waals surface area contributed by atoms with Gasteiger partial charge in [0.1, 0.15) is 11.0 Å². The molecule has 1 aliphatic heterocycles. The Bertz CT molecular complexity index is 474. The first kappa shape index (κ1) is 16.0. The molecule has 116 valence electrons. The third-order valence-corrected chi connectivity index (χ3v) is 4.12. The lowest BCUT2D eigenvalue weighted by atomic mass is 10.0. The van der Waals surface area contributed by atoms with Gasteiger partial charge in [-0.3, -0.25) is 4.79 Å². The van der Waals surface area contributed by atoms with E-state index in [0.717, 1.165) is 13.0 Å². The molecular formula is C15H23ClN4O. The lowest BCUT2D eigenvalue weighted by molar-refractivity contribution is 0.0949. The number of nitrogens with zero attached hydrogens (tertiary/aromatic N) is 2. The molecule has 0 aliphatic carbocycles. The van der Waals surface area contributed by atoms with Gasteiger partial charge in [-0.1, -0.05) is 18.0 Å². The minimum absolute atomic E-state index is 0.155. The molecule has 1 aromatic rings. The van der Waals surface area contributed by atoms with E-state index >= 15 is 0 Å². The highest BCUT2D eigenvalue weighted by Crippen LogP contribution is 2.16. The highest BCUT2D eigenvalue weighted by Gasteiger charge is 2.17. The van der Waals surface area contributed by atoms with E-state index in [2.05, 4.69) is 22.1 Å². The van der Waals surface area contributed by atoms with Gasteiger partial charge in [0.05, 0.1) is 0 Å². The summed E-state index contributed by atoms with van der Waals surface area (Å²) in [5.41, 5.74) is 6.04. The smallest absolute Gasteiger partial charge is 0.251 e. The third-order valence-electron chi connectivity index (χ3n) is 3.92. The zero-order chi connectivity index (χ0) is 15.2. The number of likely N-dealkylation sites (tertiary alicyclic amines) is 1. The van der Waals surface area contributed by atoms with Crippen molar-refractivity contribution >= 4 is 23.3 Å². The number of carbonyl (C=O) groups excluding carboxylic acids is 1. The Labute approximate surface area is 130 Å². The highest BCUT2D eigenvalue weighted by molar-refractivity contribution is 6.29. The number of nitrogens with two attached hydrogens (primary N) is 1. The van der Waals surface area contributed by atoms with Crippen LogP contribution in [0.25, 0.3) is 0 Å². The Balaban J connectivity index is 1.74. The monoisotopic (exact) mass is 310 g/mol. The summed E-state index contributed by atoms with van der Waals surface area (Å²) in [6.45, 7) is 5.13. The molecule has 5 nitrogen and oxygen atoms in total. The summed E-state index contributed by atoms with van der Waals surface area (Å²) in [4.78, 5) is 18.3. The molecule has 0 aromatic carbocycles. The van der Waals surface area contributed by atoms with Crippen molar-refractivity contribution < 1.29 is 4.79 Å². The second-order valence-electron chi connectivity index (χ2n) is 5.59. The Kier molecular flexibility index (Phi) is 5.82. The SMILES string of the molecule is CC1CCCCN1CCCNC(=O)c1cc(N)nc(Cl)c1. The van der Waals surface area contributed by atoms with Crippen LogP contribution in [0.15, 0.2) is 12.1 Å². The van der Waals surface area contributed by atoms with E-state index in [1.54, 1.807) is 0 Å². The first-order valence-electron chi connectivity index (χ1n) is 7.51. The Morgan fingerprint density at radius 3 is 3.05 bits per heavy atom. The van der Waals surface area contributed by atoms with Crippen molar-refractivity contribution in [3.05, 3.63) is 22.8 Å². The minimum atomic E-state index is -0.155. The fourth-order valence-corrected chi connectivity index (χ4v) is 2.94. The van der Waals surface area contributed by atoms with Crippen LogP contribution in [0.1, 0.15) is 43.0 Å². The maximum absolute atomic E-state index is 12.0. The van der Waals surface area contributed by atoms with E-state index in [4.69, 9.17) is 17.3 Å². The Hall–Kier alpha value is -1.33. The summed E-state index contributed by atoms with van der Waals surface area (Å²) in [5, 5.41) is 3.14. The Morgan fingerprint density at radius 2 is 2.33 bits per heavy atom. The van der Waals surface area contributed by atoms with Crippen LogP contribution in [0, 0.1) is 0 Å². The lowest BCUT2D eigenvalue weighted by Crippen LogP contribution is -2.39. The number of aromatic nitrogens is 1. The highest BCUT2D eigenvalue weighted by atomic mass is 35.5. The second-order valence-corrected chi connectivity index (χ2v) is 5.98. The molecular weight excluding hydrogens is 288 g/mol. The van der Waals surface area contributed by atoms with Crippen LogP contribution >= 0.6 is 11.6 Å². The van der Waals surface area contributed by atoms with E-state index < -0.39 is 0 Å². The van der Waals surface area contributed by atoms with Crippen LogP contribution in [0.3, 0.4) is 0 Å². The molecule has 2 rings (SSSR count). The number of hydrogen-bond donors (Lipinski definition) is 2. The third kappa shape index (κ3) is 4.86. The van der Waals surface area contributed by atoms with Crippen molar-refractivity contribution in [2.24, 2.45) is 0 Å². The van der Waals surface area contributed by atoms with Gasteiger partial charge in [0.2, 0.25) is 0 Å². The molecule has 1 saturated heterocycles. The molecule has 0 spiro atoms. The number of nitrogens with one attached hydrogen (secondary N) is 1. The van der Waals surface area contributed by atoms with Crippen molar-refractivity contribution in [3.63, 3.8) is 0 Å². The molecule has 1 aliphatic rings. The number of hydrogen-bond acceptors (Lipinski definition) is 4. The van der Waals surface area contributed by atoms with Gasteiger partial charge < -0.3 is 16.0 Å². The zero-order valence-corrected chi connectivity index (χ0v) is 13.2. The molecule has 1 unspecified atom stereocenters. The van der Waals surface area contributed by atoms with Crippen LogP contribution in [0.2, 0.25) is 5.15 Å². The number of rotatable bonds is 5. The number of anilines is 1. The van der Waals surface area contributed by atoms with Gasteiger partial charge in [-0.25, -0.2) is 4.98 Å². The summed E-state index contributed by atoms with van der Waals surface area (Å²) in [6, 6.07) is 3.72. The maximum Gasteiger partial charge on any atom is 0.251 e. The average Bonchev–Trinajstić information content (AvgIpc) is 2.44. The molecule has 6 heteroatoms. The first-order valence-corrected chi connectivity index (χ1v) is 7.89. The molecule has 3 N–H and O–H groups in total. The molecule has 0 radical (unpaired) electrons. The average molecular weight is 311 g/mol. The molecule has 2 heterocycles. The van der Waals surface area contributed by atoms with Gasteiger partial charge in [0.15, 0.2) is 0 Å². The summed E-state index contributed by atoms with van der Waals surface area (Å²) < 4.78 is 0. The molecule has 1 amide bonds. The van der Waals surface area contributed by atoms with Crippen LogP contribution in [0.4, 0.5) is 5.82 Å². The summed E-state index contributed by atoms with van der Waals surface area (Å²) >= 11 is 5.80. The molecule has 1 atom stereocenters. The van der Waals surface area contributed by atoms with Crippen molar-refractivity contribution in [1.82, 2.24) is 15.2 Å². The van der Waals surface area contributed by atoms with Crippen LogP contribution in [-0.2, 0) is 0 Å². The molecule has 21 heavy (non-hydrogen) atoms. The van der Waals surface area contributed by atoms with Crippen molar-refractivity contribution in [2.75, 3.05) is 25.4 Å². The molecule has 0 saturated carbocycles. The van der Waals surface area contributed by atoms with Gasteiger partial charge in [0.25, 0.3) is 5.91 Å². The van der Waals surface area contributed by atoms with Gasteiger partial charge >= 0.3 is 0 Å². The van der Waals surface area contributed by atoms with Crippen molar-refractivity contribution in [3.8, 4) is 0 Å². The standard InChI is InChI=1S/C15H23ClN4O/c1-11-5-2-3-7-20(11)8-4-6-18-15(21)12-9-13(16)19-14(17)10-12/h9-11H,2-8H2,1H3,(H2,17,19)(H,18,21). The van der Waals surface area contributed by atoms with Gasteiger partial charge in [0, 0.05) is 24.7 Å². The van der Waals surface area contributed by atoms with Crippen LogP contribution in [0.5, 0.6) is 0 Å². The summed E-state index contributed by atoms with van der Waals surface area (Å²) in [7, 11) is 0. The van der Waals surface area contributed by atoms with E-state index in [1.807, 2.05) is 0 Å². The number of amides is 1. The lowest BCUT2D eigenvalue weighted by Gasteiger charge is -2.33. The van der Waals surface area contributed by atoms with Gasteiger partial charge in [-0.2, -0.15) is 0 Å². The van der Waals surface area contributed by atoms with Crippen LogP contribution < -0.4 is 11.1 Å². The summed E-state index contributed by atoms with van der Waals surface area (Å²) in [5.74, 6) is 0.104. The fourth-order valence-electron chi connectivity index (χ4n) is 2.72.